The summed E-state index contributed by atoms with van der Waals surface area (Å²) in [6.07, 6.45) is 4.06. The van der Waals surface area contributed by atoms with Crippen molar-refractivity contribution in [3.63, 3.8) is 0 Å². The SMILES string of the molecule is COC(=O)C(CSc1ccccn1)NC1CC1. The molecule has 1 aliphatic carbocycles. The Labute approximate surface area is 105 Å². The summed E-state index contributed by atoms with van der Waals surface area (Å²) in [6, 6.07) is 6.01. The molecule has 0 aromatic carbocycles. The molecule has 0 amide bonds. The van der Waals surface area contributed by atoms with Crippen molar-refractivity contribution in [2.75, 3.05) is 12.9 Å². The maximum atomic E-state index is 11.6. The molecule has 0 aliphatic heterocycles. The van der Waals surface area contributed by atoms with Crippen LogP contribution in [0.5, 0.6) is 0 Å². The highest BCUT2D eigenvalue weighted by Gasteiger charge is 2.28. The molecular formula is C12H16N2O2S. The van der Waals surface area contributed by atoms with Gasteiger partial charge in [-0.2, -0.15) is 0 Å². The number of pyridine rings is 1. The first kappa shape index (κ1) is 12.4. The number of esters is 1. The number of nitrogens with zero attached hydrogens (tertiary/aromatic N) is 1. The van der Waals surface area contributed by atoms with Gasteiger partial charge < -0.3 is 10.1 Å². The number of carbonyl (C=O) groups is 1. The first-order chi connectivity index (χ1) is 8.29. The van der Waals surface area contributed by atoms with Crippen LogP contribution in [0.2, 0.25) is 0 Å². The highest BCUT2D eigenvalue weighted by molar-refractivity contribution is 7.99. The van der Waals surface area contributed by atoms with Crippen molar-refractivity contribution in [1.29, 1.82) is 0 Å². The summed E-state index contributed by atoms with van der Waals surface area (Å²) in [5.41, 5.74) is 0. The van der Waals surface area contributed by atoms with E-state index in [4.69, 9.17) is 4.74 Å². The summed E-state index contributed by atoms with van der Waals surface area (Å²) in [5.74, 6) is 0.459. The Bertz CT molecular complexity index is 368. The number of nitrogens with one attached hydrogen (secondary N) is 1. The molecule has 1 aliphatic rings. The molecule has 1 aromatic rings. The Morgan fingerprint density at radius 2 is 2.47 bits per heavy atom. The van der Waals surface area contributed by atoms with E-state index in [9.17, 15) is 4.79 Å². The summed E-state index contributed by atoms with van der Waals surface area (Å²) in [5, 5.41) is 4.22. The number of carbonyl (C=O) groups excluding carboxylic acids is 1. The van der Waals surface area contributed by atoms with E-state index in [1.165, 1.54) is 7.11 Å². The van der Waals surface area contributed by atoms with Crippen LogP contribution in [0.4, 0.5) is 0 Å². The molecule has 1 aromatic heterocycles. The van der Waals surface area contributed by atoms with Gasteiger partial charge in [-0.1, -0.05) is 6.07 Å². The van der Waals surface area contributed by atoms with Crippen molar-refractivity contribution >= 4 is 17.7 Å². The van der Waals surface area contributed by atoms with E-state index in [2.05, 4.69) is 10.3 Å². The van der Waals surface area contributed by atoms with Crippen molar-refractivity contribution in [1.82, 2.24) is 10.3 Å². The molecule has 1 N–H and O–H groups in total. The summed E-state index contributed by atoms with van der Waals surface area (Å²) >= 11 is 1.57. The molecule has 1 fully saturated rings. The van der Waals surface area contributed by atoms with Crippen molar-refractivity contribution in [2.45, 2.75) is 30.0 Å². The van der Waals surface area contributed by atoms with Crippen LogP contribution in [0.25, 0.3) is 0 Å². The molecule has 4 nitrogen and oxygen atoms in total. The largest absolute Gasteiger partial charge is 0.468 e. The Morgan fingerprint density at radius 1 is 1.65 bits per heavy atom. The Hall–Kier alpha value is -1.07. The van der Waals surface area contributed by atoms with E-state index in [0.29, 0.717) is 11.8 Å². The molecule has 0 spiro atoms. The molecule has 1 unspecified atom stereocenters. The Balaban J connectivity index is 1.86. The molecule has 0 saturated heterocycles. The fraction of sp³-hybridized carbons (Fsp3) is 0.500. The van der Waals surface area contributed by atoms with Gasteiger partial charge in [-0.05, 0) is 25.0 Å². The number of rotatable bonds is 6. The molecule has 0 bridgehead atoms. The molecule has 0 radical (unpaired) electrons. The van der Waals surface area contributed by atoms with Crippen molar-refractivity contribution in [3.05, 3.63) is 24.4 Å². The summed E-state index contributed by atoms with van der Waals surface area (Å²) in [7, 11) is 1.43. The maximum Gasteiger partial charge on any atom is 0.323 e. The van der Waals surface area contributed by atoms with Crippen LogP contribution in [-0.2, 0) is 9.53 Å². The van der Waals surface area contributed by atoms with Crippen LogP contribution in [0.15, 0.2) is 29.4 Å². The second-order valence-electron chi connectivity index (χ2n) is 4.00. The predicted molar refractivity (Wildman–Crippen MR) is 66.9 cm³/mol. The van der Waals surface area contributed by atoms with Crippen LogP contribution < -0.4 is 5.32 Å². The van der Waals surface area contributed by atoms with Gasteiger partial charge in [0.15, 0.2) is 0 Å². The van der Waals surface area contributed by atoms with Gasteiger partial charge in [0.1, 0.15) is 6.04 Å². The molecule has 1 saturated carbocycles. The van der Waals surface area contributed by atoms with Crippen molar-refractivity contribution in [2.24, 2.45) is 0 Å². The van der Waals surface area contributed by atoms with Crippen LogP contribution in [0, 0.1) is 0 Å². The third-order valence-electron chi connectivity index (χ3n) is 2.54. The van der Waals surface area contributed by atoms with Crippen molar-refractivity contribution in [3.8, 4) is 0 Å². The predicted octanol–water partition coefficient (Wildman–Crippen LogP) is 1.47. The molecule has 17 heavy (non-hydrogen) atoms. The normalized spacial score (nSPS) is 16.5. The molecular weight excluding hydrogens is 236 g/mol. The minimum atomic E-state index is -0.237. The average Bonchev–Trinajstić information content (AvgIpc) is 3.18. The molecule has 92 valence electrons. The zero-order valence-corrected chi connectivity index (χ0v) is 10.6. The lowest BCUT2D eigenvalue weighted by Crippen LogP contribution is -2.41. The van der Waals surface area contributed by atoms with Gasteiger partial charge >= 0.3 is 5.97 Å². The zero-order valence-electron chi connectivity index (χ0n) is 9.76. The van der Waals surface area contributed by atoms with Crippen molar-refractivity contribution < 1.29 is 9.53 Å². The maximum absolute atomic E-state index is 11.6. The van der Waals surface area contributed by atoms with E-state index in [1.54, 1.807) is 18.0 Å². The van der Waals surface area contributed by atoms with Gasteiger partial charge in [0.2, 0.25) is 0 Å². The third-order valence-corrected chi connectivity index (χ3v) is 3.57. The summed E-state index contributed by atoms with van der Waals surface area (Å²) in [6.45, 7) is 0. The fourth-order valence-corrected chi connectivity index (χ4v) is 2.34. The number of ether oxygens (including phenoxy) is 1. The lowest BCUT2D eigenvalue weighted by atomic mass is 10.3. The van der Waals surface area contributed by atoms with E-state index >= 15 is 0 Å². The van der Waals surface area contributed by atoms with Crippen LogP contribution in [0.3, 0.4) is 0 Å². The van der Waals surface area contributed by atoms with E-state index in [-0.39, 0.29) is 12.0 Å². The van der Waals surface area contributed by atoms with Gasteiger partial charge in [-0.3, -0.25) is 4.79 Å². The monoisotopic (exact) mass is 252 g/mol. The number of aromatic nitrogens is 1. The van der Waals surface area contributed by atoms with Gasteiger partial charge in [-0.15, -0.1) is 11.8 Å². The number of methoxy groups -OCH3 is 1. The molecule has 1 heterocycles. The Kier molecular flexibility index (Phi) is 4.39. The molecule has 2 rings (SSSR count). The standard InChI is InChI=1S/C12H16N2O2S/c1-16-12(15)10(14-9-5-6-9)8-17-11-4-2-3-7-13-11/h2-4,7,9-10,14H,5-6,8H2,1H3. The van der Waals surface area contributed by atoms with E-state index in [0.717, 1.165) is 17.9 Å². The highest BCUT2D eigenvalue weighted by atomic mass is 32.2. The number of hydrogen-bond acceptors (Lipinski definition) is 5. The molecule has 1 atom stereocenters. The lowest BCUT2D eigenvalue weighted by molar-refractivity contribution is -0.142. The quantitative estimate of drug-likeness (QED) is 0.613. The summed E-state index contributed by atoms with van der Waals surface area (Å²) in [4.78, 5) is 15.8. The fourth-order valence-electron chi connectivity index (χ4n) is 1.46. The second kappa shape index (κ2) is 6.02. The van der Waals surface area contributed by atoms with Gasteiger partial charge in [0.05, 0.1) is 12.1 Å². The zero-order chi connectivity index (χ0) is 12.1. The first-order valence-corrected chi connectivity index (χ1v) is 6.66. The average molecular weight is 252 g/mol. The topological polar surface area (TPSA) is 51.2 Å². The van der Waals surface area contributed by atoms with E-state index < -0.39 is 0 Å². The second-order valence-corrected chi connectivity index (χ2v) is 5.04. The van der Waals surface area contributed by atoms with E-state index in [1.807, 2.05) is 18.2 Å². The Morgan fingerprint density at radius 3 is 3.06 bits per heavy atom. The van der Waals surface area contributed by atoms with Gasteiger partial charge in [0.25, 0.3) is 0 Å². The van der Waals surface area contributed by atoms with Crippen LogP contribution >= 0.6 is 11.8 Å². The first-order valence-electron chi connectivity index (χ1n) is 5.67. The summed E-state index contributed by atoms with van der Waals surface area (Å²) < 4.78 is 4.79. The molecule has 5 heteroatoms. The minimum absolute atomic E-state index is 0.194. The smallest absolute Gasteiger partial charge is 0.323 e. The van der Waals surface area contributed by atoms with Crippen LogP contribution in [0.1, 0.15) is 12.8 Å². The number of thioether (sulfide) groups is 1. The number of hydrogen-bond donors (Lipinski definition) is 1. The highest BCUT2D eigenvalue weighted by Crippen LogP contribution is 2.22. The lowest BCUT2D eigenvalue weighted by Gasteiger charge is -2.15. The van der Waals surface area contributed by atoms with Gasteiger partial charge in [-0.25, -0.2) is 4.98 Å². The minimum Gasteiger partial charge on any atom is -0.468 e. The third kappa shape index (κ3) is 4.02. The van der Waals surface area contributed by atoms with Gasteiger partial charge in [0, 0.05) is 18.0 Å². The van der Waals surface area contributed by atoms with Crippen LogP contribution in [-0.4, -0.2) is 35.9 Å².